The van der Waals surface area contributed by atoms with Crippen molar-refractivity contribution in [3.63, 3.8) is 0 Å². The first-order valence-electron chi connectivity index (χ1n) is 6.81. The topological polar surface area (TPSA) is 49.6 Å². The van der Waals surface area contributed by atoms with Gasteiger partial charge < -0.3 is 15.5 Å². The molecule has 0 saturated heterocycles. The predicted octanol–water partition coefficient (Wildman–Crippen LogP) is 2.39. The van der Waals surface area contributed by atoms with E-state index in [1.165, 1.54) is 0 Å². The summed E-state index contributed by atoms with van der Waals surface area (Å²) in [5.74, 6) is 0.0850. The van der Waals surface area contributed by atoms with Crippen LogP contribution in [-0.4, -0.2) is 48.9 Å². The molecule has 0 saturated carbocycles. The van der Waals surface area contributed by atoms with Gasteiger partial charge in [-0.3, -0.25) is 4.79 Å². The Morgan fingerprint density at radius 2 is 2.00 bits per heavy atom. The molecule has 21 heavy (non-hydrogen) atoms. The minimum absolute atomic E-state index is 0. The third kappa shape index (κ3) is 8.27. The number of amides is 1. The lowest BCUT2D eigenvalue weighted by atomic mass is 10.1. The van der Waals surface area contributed by atoms with Crippen molar-refractivity contribution in [3.05, 3.63) is 34.9 Å². The van der Waals surface area contributed by atoms with Crippen LogP contribution in [0, 0.1) is 0 Å². The Morgan fingerprint density at radius 3 is 2.52 bits per heavy atom. The number of hydrogen-bond acceptors (Lipinski definition) is 3. The normalized spacial score (nSPS) is 11.9. The summed E-state index contributed by atoms with van der Waals surface area (Å²) < 4.78 is 0. The van der Waals surface area contributed by atoms with Crippen molar-refractivity contribution in [3.8, 4) is 0 Å². The Labute approximate surface area is 138 Å². The third-order valence-electron chi connectivity index (χ3n) is 2.93. The summed E-state index contributed by atoms with van der Waals surface area (Å²) in [5, 5.41) is 0.690. The molecule has 1 atom stereocenters. The molecule has 0 spiro atoms. The first kappa shape index (κ1) is 20.2. The van der Waals surface area contributed by atoms with Crippen molar-refractivity contribution in [2.75, 3.05) is 27.2 Å². The van der Waals surface area contributed by atoms with E-state index in [9.17, 15) is 4.79 Å². The maximum atomic E-state index is 12.2. The summed E-state index contributed by atoms with van der Waals surface area (Å²) in [7, 11) is 3.99. The number of benzene rings is 1. The van der Waals surface area contributed by atoms with Crippen LogP contribution in [0.15, 0.2) is 24.3 Å². The van der Waals surface area contributed by atoms with Crippen LogP contribution in [0.3, 0.4) is 0 Å². The number of carbonyl (C=O) groups is 1. The van der Waals surface area contributed by atoms with Gasteiger partial charge in [-0.15, -0.1) is 12.4 Å². The number of halogens is 2. The zero-order valence-corrected chi connectivity index (χ0v) is 14.5. The maximum Gasteiger partial charge on any atom is 0.224 e. The fraction of sp³-hybridized carbons (Fsp3) is 0.533. The molecule has 0 aromatic heterocycles. The maximum absolute atomic E-state index is 12.2. The van der Waals surface area contributed by atoms with Gasteiger partial charge in [-0.05, 0) is 38.7 Å². The van der Waals surface area contributed by atoms with E-state index < -0.39 is 0 Å². The van der Waals surface area contributed by atoms with Gasteiger partial charge in [0.05, 0.1) is 0 Å². The number of nitrogens with zero attached hydrogens (tertiary/aromatic N) is 2. The highest BCUT2D eigenvalue weighted by molar-refractivity contribution is 6.30. The quantitative estimate of drug-likeness (QED) is 0.833. The molecule has 2 N–H and O–H groups in total. The molecule has 1 amide bonds. The zero-order valence-electron chi connectivity index (χ0n) is 12.9. The van der Waals surface area contributed by atoms with Crippen LogP contribution in [0.1, 0.15) is 18.9 Å². The number of rotatable bonds is 7. The highest BCUT2D eigenvalue weighted by Crippen LogP contribution is 2.13. The van der Waals surface area contributed by atoms with Crippen LogP contribution in [0.25, 0.3) is 0 Å². The van der Waals surface area contributed by atoms with Crippen LogP contribution in [0.2, 0.25) is 5.02 Å². The van der Waals surface area contributed by atoms with Crippen molar-refractivity contribution in [2.45, 2.75) is 25.9 Å². The van der Waals surface area contributed by atoms with Crippen molar-refractivity contribution in [2.24, 2.45) is 5.73 Å². The molecule has 1 aromatic rings. The summed E-state index contributed by atoms with van der Waals surface area (Å²) in [4.78, 5) is 16.2. The average molecular weight is 334 g/mol. The molecule has 4 nitrogen and oxygen atoms in total. The molecule has 0 radical (unpaired) electrons. The summed E-state index contributed by atoms with van der Waals surface area (Å²) >= 11 is 5.99. The first-order valence-corrected chi connectivity index (χ1v) is 7.19. The molecule has 0 heterocycles. The van der Waals surface area contributed by atoms with E-state index in [1.54, 1.807) is 0 Å². The number of likely N-dealkylation sites (N-methyl/N-ethyl adjacent to an activating group) is 1. The van der Waals surface area contributed by atoms with Gasteiger partial charge in [-0.25, -0.2) is 0 Å². The van der Waals surface area contributed by atoms with E-state index in [0.29, 0.717) is 24.5 Å². The van der Waals surface area contributed by atoms with E-state index >= 15 is 0 Å². The van der Waals surface area contributed by atoms with E-state index in [4.69, 9.17) is 17.3 Å². The van der Waals surface area contributed by atoms with E-state index in [-0.39, 0.29) is 24.4 Å². The molecule has 0 aliphatic rings. The molecular formula is C15H25Cl2N3O. The molecule has 0 aliphatic carbocycles. The monoisotopic (exact) mass is 333 g/mol. The Morgan fingerprint density at radius 1 is 1.33 bits per heavy atom. The van der Waals surface area contributed by atoms with E-state index in [0.717, 1.165) is 12.1 Å². The SMILES string of the molecule is CC(N)CC(=O)N(CCN(C)C)Cc1cccc(Cl)c1.Cl. The second-order valence-electron chi connectivity index (χ2n) is 5.43. The van der Waals surface area contributed by atoms with E-state index in [1.807, 2.05) is 50.2 Å². The van der Waals surface area contributed by atoms with Gasteiger partial charge in [0, 0.05) is 37.1 Å². The van der Waals surface area contributed by atoms with Crippen molar-refractivity contribution < 1.29 is 4.79 Å². The molecule has 1 unspecified atom stereocenters. The van der Waals surface area contributed by atoms with Crippen molar-refractivity contribution >= 4 is 29.9 Å². The average Bonchev–Trinajstić information content (AvgIpc) is 2.33. The Hall–Kier alpha value is -0.810. The Bertz CT molecular complexity index is 439. The molecule has 1 aromatic carbocycles. The summed E-state index contributed by atoms with van der Waals surface area (Å²) in [6.07, 6.45) is 0.369. The lowest BCUT2D eigenvalue weighted by molar-refractivity contribution is -0.132. The second-order valence-corrected chi connectivity index (χ2v) is 5.87. The summed E-state index contributed by atoms with van der Waals surface area (Å²) in [6, 6.07) is 7.48. The number of carbonyl (C=O) groups excluding carboxylic acids is 1. The number of hydrogen-bond donors (Lipinski definition) is 1. The van der Waals surface area contributed by atoms with Gasteiger partial charge in [0.25, 0.3) is 0 Å². The number of nitrogens with two attached hydrogens (primary N) is 1. The predicted molar refractivity (Wildman–Crippen MR) is 90.9 cm³/mol. The standard InChI is InChI=1S/C15H24ClN3O.ClH/c1-12(17)9-15(20)19(8-7-18(2)3)11-13-5-4-6-14(16)10-13;/h4-6,10,12H,7-9,11,17H2,1-3H3;1H. The van der Waals surface area contributed by atoms with Gasteiger partial charge in [0.15, 0.2) is 0 Å². The largest absolute Gasteiger partial charge is 0.337 e. The van der Waals surface area contributed by atoms with Crippen LogP contribution in [0.4, 0.5) is 0 Å². The van der Waals surface area contributed by atoms with Crippen LogP contribution >= 0.6 is 24.0 Å². The Balaban J connectivity index is 0.00000400. The van der Waals surface area contributed by atoms with Gasteiger partial charge in [0.1, 0.15) is 0 Å². The van der Waals surface area contributed by atoms with Crippen LogP contribution in [-0.2, 0) is 11.3 Å². The Kier molecular flexibility index (Phi) is 9.62. The summed E-state index contributed by atoms with van der Waals surface area (Å²) in [5.41, 5.74) is 6.76. The molecule has 0 fully saturated rings. The highest BCUT2D eigenvalue weighted by atomic mass is 35.5. The molecule has 0 aliphatic heterocycles. The minimum atomic E-state index is -0.122. The van der Waals surface area contributed by atoms with Gasteiger partial charge in [0.2, 0.25) is 5.91 Å². The summed E-state index contributed by atoms with van der Waals surface area (Å²) in [6.45, 7) is 3.93. The van der Waals surface area contributed by atoms with Crippen molar-refractivity contribution in [1.29, 1.82) is 0 Å². The molecular weight excluding hydrogens is 309 g/mol. The second kappa shape index (κ2) is 10.0. The highest BCUT2D eigenvalue weighted by Gasteiger charge is 2.15. The van der Waals surface area contributed by atoms with Crippen molar-refractivity contribution in [1.82, 2.24) is 9.80 Å². The molecule has 120 valence electrons. The first-order chi connectivity index (χ1) is 9.38. The minimum Gasteiger partial charge on any atom is -0.337 e. The fourth-order valence-electron chi connectivity index (χ4n) is 1.87. The third-order valence-corrected chi connectivity index (χ3v) is 3.16. The van der Waals surface area contributed by atoms with Gasteiger partial charge in [-0.2, -0.15) is 0 Å². The zero-order chi connectivity index (χ0) is 15.1. The molecule has 0 bridgehead atoms. The van der Waals surface area contributed by atoms with E-state index in [2.05, 4.69) is 4.90 Å². The molecule has 1 rings (SSSR count). The molecule has 6 heteroatoms. The lowest BCUT2D eigenvalue weighted by Gasteiger charge is -2.25. The fourth-order valence-corrected chi connectivity index (χ4v) is 2.09. The van der Waals surface area contributed by atoms with Crippen LogP contribution < -0.4 is 5.73 Å². The van der Waals surface area contributed by atoms with Crippen LogP contribution in [0.5, 0.6) is 0 Å². The van der Waals surface area contributed by atoms with Gasteiger partial charge in [-0.1, -0.05) is 23.7 Å². The smallest absolute Gasteiger partial charge is 0.224 e. The lowest BCUT2D eigenvalue weighted by Crippen LogP contribution is -2.38. The van der Waals surface area contributed by atoms with Gasteiger partial charge >= 0.3 is 0 Å².